The largest absolute Gasteiger partial charge is 0.319 e. The fraction of sp³-hybridized carbons (Fsp3) is 0.188. The first-order valence-corrected chi connectivity index (χ1v) is 7.02. The second kappa shape index (κ2) is 4.70. The van der Waals surface area contributed by atoms with Crippen molar-refractivity contribution in [1.29, 1.82) is 0 Å². The maximum Gasteiger partial charge on any atom is 0.295 e. The van der Waals surface area contributed by atoms with Gasteiger partial charge in [0.1, 0.15) is 5.82 Å². The molecule has 1 fully saturated rings. The highest BCUT2D eigenvalue weighted by Gasteiger charge is 2.28. The Bertz CT molecular complexity index is 820. The van der Waals surface area contributed by atoms with E-state index in [1.54, 1.807) is 0 Å². The highest BCUT2D eigenvalue weighted by Crippen LogP contribution is 2.37. The molecular weight excluding hydrogens is 264 g/mol. The molecule has 2 N–H and O–H groups in total. The predicted octanol–water partition coefficient (Wildman–Crippen LogP) is 3.09. The highest BCUT2D eigenvalue weighted by molar-refractivity contribution is 6.02. The van der Waals surface area contributed by atoms with Gasteiger partial charge in [-0.3, -0.25) is 9.89 Å². The van der Waals surface area contributed by atoms with Crippen molar-refractivity contribution < 1.29 is 4.79 Å². The van der Waals surface area contributed by atoms with Gasteiger partial charge in [-0.15, -0.1) is 5.10 Å². The lowest BCUT2D eigenvalue weighted by atomic mass is 10.1. The predicted molar refractivity (Wildman–Crippen MR) is 80.3 cm³/mol. The van der Waals surface area contributed by atoms with Crippen LogP contribution in [0.4, 0.5) is 5.69 Å². The third-order valence-electron chi connectivity index (χ3n) is 3.68. The molecule has 0 atom stereocenters. The maximum atomic E-state index is 12.2. The Morgan fingerprint density at radius 2 is 1.95 bits per heavy atom. The van der Waals surface area contributed by atoms with Crippen LogP contribution >= 0.6 is 0 Å². The van der Waals surface area contributed by atoms with Crippen molar-refractivity contribution in [3.63, 3.8) is 0 Å². The van der Waals surface area contributed by atoms with E-state index in [-0.39, 0.29) is 11.7 Å². The van der Waals surface area contributed by atoms with Crippen LogP contribution in [0.1, 0.15) is 35.2 Å². The van der Waals surface area contributed by atoms with Gasteiger partial charge in [-0.05, 0) is 35.7 Å². The number of amides is 1. The zero-order valence-corrected chi connectivity index (χ0v) is 11.3. The molecule has 5 nitrogen and oxygen atoms in total. The molecule has 0 bridgehead atoms. The lowest BCUT2D eigenvalue weighted by Gasteiger charge is -2.04. The fourth-order valence-corrected chi connectivity index (χ4v) is 2.37. The van der Waals surface area contributed by atoms with Crippen molar-refractivity contribution >= 4 is 22.4 Å². The van der Waals surface area contributed by atoms with E-state index < -0.39 is 0 Å². The number of fused-ring (bicyclic) bond motifs is 1. The average Bonchev–Trinajstić information content (AvgIpc) is 3.24. The number of hydrogen-bond donors (Lipinski definition) is 2. The van der Waals surface area contributed by atoms with Gasteiger partial charge in [0.2, 0.25) is 5.82 Å². The molecule has 2 aromatic carbocycles. The molecule has 1 saturated carbocycles. The number of anilines is 1. The summed E-state index contributed by atoms with van der Waals surface area (Å²) >= 11 is 0. The molecule has 104 valence electrons. The number of H-pyrrole nitrogens is 1. The number of carbonyl (C=O) groups excluding carboxylic acids is 1. The van der Waals surface area contributed by atoms with Crippen LogP contribution in [-0.2, 0) is 0 Å². The minimum atomic E-state index is -0.284. The Kier molecular flexibility index (Phi) is 2.70. The van der Waals surface area contributed by atoms with Gasteiger partial charge >= 0.3 is 0 Å². The Hall–Kier alpha value is -2.69. The third kappa shape index (κ3) is 2.38. The van der Waals surface area contributed by atoms with Crippen molar-refractivity contribution in [1.82, 2.24) is 15.2 Å². The number of nitrogens with one attached hydrogen (secondary N) is 2. The van der Waals surface area contributed by atoms with Crippen LogP contribution in [0.3, 0.4) is 0 Å². The van der Waals surface area contributed by atoms with E-state index in [4.69, 9.17) is 0 Å². The van der Waals surface area contributed by atoms with Crippen molar-refractivity contribution in [2.75, 3.05) is 5.32 Å². The van der Waals surface area contributed by atoms with E-state index in [0.29, 0.717) is 5.92 Å². The summed E-state index contributed by atoms with van der Waals surface area (Å²) in [5.41, 5.74) is 0.747. The number of aromatic amines is 1. The van der Waals surface area contributed by atoms with Gasteiger partial charge in [0, 0.05) is 11.6 Å². The molecule has 0 radical (unpaired) electrons. The Morgan fingerprint density at radius 3 is 2.76 bits per heavy atom. The van der Waals surface area contributed by atoms with Crippen LogP contribution in [0, 0.1) is 0 Å². The zero-order valence-electron chi connectivity index (χ0n) is 11.3. The number of hydrogen-bond acceptors (Lipinski definition) is 3. The normalized spacial score (nSPS) is 14.3. The van der Waals surface area contributed by atoms with Crippen LogP contribution in [0.25, 0.3) is 10.8 Å². The van der Waals surface area contributed by atoms with Gasteiger partial charge in [-0.2, -0.15) is 0 Å². The van der Waals surface area contributed by atoms with Crippen LogP contribution in [-0.4, -0.2) is 21.1 Å². The first kappa shape index (κ1) is 12.1. The SMILES string of the molecule is O=C(Nc1ccc2ccccc2c1)c1n[nH]c(C2CC2)n1. The molecular formula is C16H14N4O. The molecule has 1 aromatic heterocycles. The number of carbonyl (C=O) groups is 1. The van der Waals surface area contributed by atoms with E-state index in [9.17, 15) is 4.79 Å². The Labute approximate surface area is 121 Å². The molecule has 1 heterocycles. The lowest BCUT2D eigenvalue weighted by Crippen LogP contribution is -2.13. The van der Waals surface area contributed by atoms with E-state index in [1.807, 2.05) is 42.5 Å². The van der Waals surface area contributed by atoms with Crippen molar-refractivity contribution in [3.8, 4) is 0 Å². The maximum absolute atomic E-state index is 12.2. The molecule has 21 heavy (non-hydrogen) atoms. The van der Waals surface area contributed by atoms with Gasteiger partial charge in [-0.1, -0.05) is 30.3 Å². The van der Waals surface area contributed by atoms with Gasteiger partial charge < -0.3 is 5.32 Å². The summed E-state index contributed by atoms with van der Waals surface area (Å²) in [5.74, 6) is 1.19. The highest BCUT2D eigenvalue weighted by atomic mass is 16.2. The van der Waals surface area contributed by atoms with Crippen LogP contribution in [0.5, 0.6) is 0 Å². The Balaban J connectivity index is 1.56. The summed E-state index contributed by atoms with van der Waals surface area (Å²) < 4.78 is 0. The topological polar surface area (TPSA) is 70.7 Å². The molecule has 0 unspecified atom stereocenters. The summed E-state index contributed by atoms with van der Waals surface area (Å²) in [5, 5.41) is 11.9. The summed E-state index contributed by atoms with van der Waals surface area (Å²) in [7, 11) is 0. The van der Waals surface area contributed by atoms with E-state index in [0.717, 1.165) is 35.1 Å². The molecule has 0 aliphatic heterocycles. The molecule has 1 aliphatic rings. The third-order valence-corrected chi connectivity index (χ3v) is 3.68. The standard InChI is InChI=1S/C16H14N4O/c21-16(15-18-14(19-20-15)11-5-6-11)17-13-8-7-10-3-1-2-4-12(10)9-13/h1-4,7-9,11H,5-6H2,(H,17,21)(H,18,19,20). The quantitative estimate of drug-likeness (QED) is 0.773. The van der Waals surface area contributed by atoms with Crippen molar-refractivity contribution in [3.05, 3.63) is 54.1 Å². The minimum Gasteiger partial charge on any atom is -0.319 e. The minimum absolute atomic E-state index is 0.199. The lowest BCUT2D eigenvalue weighted by molar-refractivity contribution is 0.101. The molecule has 5 heteroatoms. The first-order chi connectivity index (χ1) is 10.3. The molecule has 0 saturated heterocycles. The molecule has 0 spiro atoms. The van der Waals surface area contributed by atoms with Crippen molar-refractivity contribution in [2.45, 2.75) is 18.8 Å². The second-order valence-electron chi connectivity index (χ2n) is 5.33. The first-order valence-electron chi connectivity index (χ1n) is 7.02. The number of aromatic nitrogens is 3. The monoisotopic (exact) mass is 278 g/mol. The number of rotatable bonds is 3. The van der Waals surface area contributed by atoms with Crippen LogP contribution in [0.2, 0.25) is 0 Å². The average molecular weight is 278 g/mol. The van der Waals surface area contributed by atoms with Gasteiger partial charge in [0.15, 0.2) is 0 Å². The number of benzene rings is 2. The second-order valence-corrected chi connectivity index (χ2v) is 5.33. The van der Waals surface area contributed by atoms with Crippen molar-refractivity contribution in [2.24, 2.45) is 0 Å². The van der Waals surface area contributed by atoms with Crippen LogP contribution in [0.15, 0.2) is 42.5 Å². The fourth-order valence-electron chi connectivity index (χ4n) is 2.37. The van der Waals surface area contributed by atoms with Gasteiger partial charge in [0.05, 0.1) is 0 Å². The zero-order chi connectivity index (χ0) is 14.2. The number of nitrogens with zero attached hydrogens (tertiary/aromatic N) is 2. The summed E-state index contributed by atoms with van der Waals surface area (Å²) in [6.07, 6.45) is 2.25. The Morgan fingerprint density at radius 1 is 1.14 bits per heavy atom. The van der Waals surface area contributed by atoms with E-state index in [1.165, 1.54) is 0 Å². The molecule has 1 amide bonds. The summed E-state index contributed by atoms with van der Waals surface area (Å²) in [6.45, 7) is 0. The summed E-state index contributed by atoms with van der Waals surface area (Å²) in [6, 6.07) is 13.8. The molecule has 1 aliphatic carbocycles. The van der Waals surface area contributed by atoms with Gasteiger partial charge in [0.25, 0.3) is 5.91 Å². The summed E-state index contributed by atoms with van der Waals surface area (Å²) in [4.78, 5) is 16.4. The molecule has 4 rings (SSSR count). The molecule has 3 aromatic rings. The van der Waals surface area contributed by atoms with E-state index in [2.05, 4.69) is 20.5 Å². The smallest absolute Gasteiger partial charge is 0.295 e. The van der Waals surface area contributed by atoms with E-state index >= 15 is 0 Å². The van der Waals surface area contributed by atoms with Crippen LogP contribution < -0.4 is 5.32 Å². The van der Waals surface area contributed by atoms with Gasteiger partial charge in [-0.25, -0.2) is 4.98 Å².